The summed E-state index contributed by atoms with van der Waals surface area (Å²) in [5, 5.41) is 10.0. The van der Waals surface area contributed by atoms with Crippen LogP contribution >= 0.6 is 0 Å². The average molecular weight is 246 g/mol. The largest absolute Gasteiger partial charge is 0.388 e. The van der Waals surface area contributed by atoms with Crippen molar-refractivity contribution in [2.24, 2.45) is 5.92 Å². The first-order chi connectivity index (χ1) is 8.79. The lowest BCUT2D eigenvalue weighted by Gasteiger charge is -2.12. The fraction of sp³-hybridized carbons (Fsp3) is 0.647. The number of hydrogen-bond acceptors (Lipinski definition) is 1. The molecule has 2 rings (SSSR count). The normalized spacial score (nSPS) is 18.1. The third-order valence-electron chi connectivity index (χ3n) is 4.21. The van der Waals surface area contributed by atoms with Gasteiger partial charge < -0.3 is 5.11 Å². The fourth-order valence-corrected chi connectivity index (χ4v) is 3.07. The maximum Gasteiger partial charge on any atom is 0.0790 e. The van der Waals surface area contributed by atoms with Crippen LogP contribution < -0.4 is 0 Å². The summed E-state index contributed by atoms with van der Waals surface area (Å²) in [5.41, 5.74) is 2.50. The van der Waals surface area contributed by atoms with E-state index in [0.29, 0.717) is 0 Å². The molecule has 0 spiro atoms. The van der Waals surface area contributed by atoms with Gasteiger partial charge in [0.2, 0.25) is 0 Å². The van der Waals surface area contributed by atoms with E-state index in [2.05, 4.69) is 31.2 Å². The molecule has 1 nitrogen and oxygen atoms in total. The lowest BCUT2D eigenvalue weighted by Crippen LogP contribution is -2.00. The zero-order valence-electron chi connectivity index (χ0n) is 11.6. The van der Waals surface area contributed by atoms with E-state index in [4.69, 9.17) is 0 Å². The first kappa shape index (κ1) is 13.6. The maximum atomic E-state index is 10.0. The van der Waals surface area contributed by atoms with Gasteiger partial charge in [-0.1, -0.05) is 63.3 Å². The van der Waals surface area contributed by atoms with Crippen LogP contribution in [0, 0.1) is 5.92 Å². The van der Waals surface area contributed by atoms with Gasteiger partial charge in [-0.3, -0.25) is 0 Å². The minimum atomic E-state index is -0.276. The van der Waals surface area contributed by atoms with Crippen molar-refractivity contribution in [2.45, 2.75) is 64.4 Å². The minimum Gasteiger partial charge on any atom is -0.388 e. The van der Waals surface area contributed by atoms with E-state index < -0.39 is 0 Å². The second-order valence-corrected chi connectivity index (χ2v) is 5.74. The van der Waals surface area contributed by atoms with Crippen molar-refractivity contribution in [1.29, 1.82) is 0 Å². The molecule has 0 bridgehead atoms. The monoisotopic (exact) mass is 246 g/mol. The lowest BCUT2D eigenvalue weighted by atomic mass is 9.96. The Morgan fingerprint density at radius 1 is 1.28 bits per heavy atom. The molecule has 0 aliphatic heterocycles. The van der Waals surface area contributed by atoms with Gasteiger partial charge >= 0.3 is 0 Å². The van der Waals surface area contributed by atoms with Crippen LogP contribution in [0.1, 0.15) is 69.1 Å². The van der Waals surface area contributed by atoms with Gasteiger partial charge in [0, 0.05) is 0 Å². The quantitative estimate of drug-likeness (QED) is 0.775. The molecule has 1 aliphatic rings. The minimum absolute atomic E-state index is 0.276. The molecule has 1 saturated carbocycles. The number of aryl methyl sites for hydroxylation is 1. The second-order valence-electron chi connectivity index (χ2n) is 5.74. The average Bonchev–Trinajstić information content (AvgIpc) is 2.90. The molecule has 1 heteroatoms. The fourth-order valence-electron chi connectivity index (χ4n) is 3.07. The first-order valence-corrected chi connectivity index (χ1v) is 7.56. The van der Waals surface area contributed by atoms with Crippen LogP contribution in [0.3, 0.4) is 0 Å². The molecule has 0 saturated heterocycles. The van der Waals surface area contributed by atoms with Gasteiger partial charge in [-0.15, -0.1) is 0 Å². The van der Waals surface area contributed by atoms with E-state index in [9.17, 15) is 5.11 Å². The zero-order valence-corrected chi connectivity index (χ0v) is 11.6. The van der Waals surface area contributed by atoms with Crippen molar-refractivity contribution in [3.63, 3.8) is 0 Å². The van der Waals surface area contributed by atoms with Gasteiger partial charge in [-0.05, 0) is 36.3 Å². The predicted octanol–water partition coefficient (Wildman–Crippen LogP) is 4.64. The number of hydrogen-bond donors (Lipinski definition) is 1. The van der Waals surface area contributed by atoms with Crippen LogP contribution in [0.15, 0.2) is 24.3 Å². The summed E-state index contributed by atoms with van der Waals surface area (Å²) in [7, 11) is 0. The molecule has 1 aliphatic carbocycles. The summed E-state index contributed by atoms with van der Waals surface area (Å²) < 4.78 is 0. The SMILES string of the molecule is CCCC(O)c1cccc(CCC2CCCC2)c1. The van der Waals surface area contributed by atoms with E-state index in [1.807, 2.05) is 0 Å². The van der Waals surface area contributed by atoms with E-state index >= 15 is 0 Å². The summed E-state index contributed by atoms with van der Waals surface area (Å²) in [6.45, 7) is 2.12. The van der Waals surface area contributed by atoms with Crippen molar-refractivity contribution in [3.8, 4) is 0 Å². The maximum absolute atomic E-state index is 10.0. The predicted molar refractivity (Wildman–Crippen MR) is 76.6 cm³/mol. The summed E-state index contributed by atoms with van der Waals surface area (Å²) >= 11 is 0. The van der Waals surface area contributed by atoms with Crippen molar-refractivity contribution in [1.82, 2.24) is 0 Å². The number of aliphatic hydroxyl groups excluding tert-OH is 1. The Hall–Kier alpha value is -0.820. The third kappa shape index (κ3) is 3.84. The molecular formula is C17H26O. The summed E-state index contributed by atoms with van der Waals surface area (Å²) in [6.07, 6.45) is 9.85. The highest BCUT2D eigenvalue weighted by Gasteiger charge is 2.14. The molecule has 0 heterocycles. The Bertz CT molecular complexity index is 352. The summed E-state index contributed by atoms with van der Waals surface area (Å²) in [6, 6.07) is 8.56. The van der Waals surface area contributed by atoms with Crippen LogP contribution in [-0.4, -0.2) is 5.11 Å². The molecule has 1 aromatic rings. The molecule has 100 valence electrons. The van der Waals surface area contributed by atoms with Crippen LogP contribution in [0.5, 0.6) is 0 Å². The highest BCUT2D eigenvalue weighted by atomic mass is 16.3. The molecule has 1 unspecified atom stereocenters. The van der Waals surface area contributed by atoms with Gasteiger partial charge in [0.1, 0.15) is 0 Å². The van der Waals surface area contributed by atoms with Crippen molar-refractivity contribution < 1.29 is 5.11 Å². The highest BCUT2D eigenvalue weighted by Crippen LogP contribution is 2.29. The number of aliphatic hydroxyl groups is 1. The van der Waals surface area contributed by atoms with E-state index in [-0.39, 0.29) is 6.10 Å². The van der Waals surface area contributed by atoms with Gasteiger partial charge in [0.15, 0.2) is 0 Å². The standard InChI is InChI=1S/C17H26O/c1-2-6-17(18)16-10-5-9-15(13-16)12-11-14-7-3-4-8-14/h5,9-10,13-14,17-18H,2-4,6-8,11-12H2,1H3. The molecule has 1 fully saturated rings. The lowest BCUT2D eigenvalue weighted by molar-refractivity contribution is 0.166. The van der Waals surface area contributed by atoms with E-state index in [1.54, 1.807) is 0 Å². The Balaban J connectivity index is 1.89. The van der Waals surface area contributed by atoms with Crippen molar-refractivity contribution in [2.75, 3.05) is 0 Å². The third-order valence-corrected chi connectivity index (χ3v) is 4.21. The summed E-state index contributed by atoms with van der Waals surface area (Å²) in [5.74, 6) is 0.953. The van der Waals surface area contributed by atoms with Crippen LogP contribution in [0.2, 0.25) is 0 Å². The van der Waals surface area contributed by atoms with Crippen LogP contribution in [-0.2, 0) is 6.42 Å². The summed E-state index contributed by atoms with van der Waals surface area (Å²) in [4.78, 5) is 0. The molecule has 1 aromatic carbocycles. The Kier molecular flexibility index (Phi) is 5.25. The molecule has 0 amide bonds. The molecule has 18 heavy (non-hydrogen) atoms. The Morgan fingerprint density at radius 2 is 2.06 bits per heavy atom. The van der Waals surface area contributed by atoms with Gasteiger partial charge in [-0.2, -0.15) is 0 Å². The Labute approximate surface area is 111 Å². The molecule has 1 atom stereocenters. The zero-order chi connectivity index (χ0) is 12.8. The number of benzene rings is 1. The van der Waals surface area contributed by atoms with Crippen LogP contribution in [0.4, 0.5) is 0 Å². The van der Waals surface area contributed by atoms with Gasteiger partial charge in [-0.25, -0.2) is 0 Å². The van der Waals surface area contributed by atoms with Crippen LogP contribution in [0.25, 0.3) is 0 Å². The smallest absolute Gasteiger partial charge is 0.0790 e. The molecule has 1 N–H and O–H groups in total. The molecule has 0 radical (unpaired) electrons. The Morgan fingerprint density at radius 3 is 2.78 bits per heavy atom. The first-order valence-electron chi connectivity index (χ1n) is 7.56. The van der Waals surface area contributed by atoms with Crippen molar-refractivity contribution >= 4 is 0 Å². The topological polar surface area (TPSA) is 20.2 Å². The number of rotatable bonds is 6. The molecule has 0 aromatic heterocycles. The van der Waals surface area contributed by atoms with Crippen molar-refractivity contribution in [3.05, 3.63) is 35.4 Å². The second kappa shape index (κ2) is 6.94. The van der Waals surface area contributed by atoms with E-state index in [0.717, 1.165) is 24.3 Å². The van der Waals surface area contributed by atoms with E-state index in [1.165, 1.54) is 44.1 Å². The molecular weight excluding hydrogens is 220 g/mol. The van der Waals surface area contributed by atoms with Gasteiger partial charge in [0.05, 0.1) is 6.10 Å². The highest BCUT2D eigenvalue weighted by molar-refractivity contribution is 5.25. The van der Waals surface area contributed by atoms with Gasteiger partial charge in [0.25, 0.3) is 0 Å².